The van der Waals surface area contributed by atoms with Crippen LogP contribution in [0.3, 0.4) is 0 Å². The Labute approximate surface area is 408 Å². The Balaban J connectivity index is 1.17. The number of nitro groups is 1. The number of anilines is 3. The minimum atomic E-state index is -4.60. The van der Waals surface area contributed by atoms with E-state index < -0.39 is 44.3 Å². The highest BCUT2D eigenvalue weighted by molar-refractivity contribution is 7.99. The number of unbranched alkanes of at least 4 members (excludes halogenated alkanes) is 2. The molecule has 0 aliphatic carbocycles. The van der Waals surface area contributed by atoms with Gasteiger partial charge in [-0.05, 0) is 118 Å². The Bertz CT molecular complexity index is 2580. The number of hydrogen-bond acceptors (Lipinski definition) is 14. The van der Waals surface area contributed by atoms with E-state index in [1.807, 2.05) is 85.7 Å². The Morgan fingerprint density at radius 3 is 2.28 bits per heavy atom. The SMILES string of the molecule is CN(C)CC[C@H](CSc1ccccc1)Nc1ccc(S(=O)(=O)NC(=O)c2ccc(N3CCN(Cc4ccccc4-c4ccc(Cl)cc4)CC3)c(NC(O)CCCCCC(=O)CO)c2)cc1[N+](=O)[O-]. The first-order valence-electron chi connectivity index (χ1n) is 22.7. The van der Waals surface area contributed by atoms with Gasteiger partial charge in [0.2, 0.25) is 0 Å². The number of aliphatic hydroxyl groups excluding tert-OH is 2. The van der Waals surface area contributed by atoms with Crippen molar-refractivity contribution in [3.63, 3.8) is 0 Å². The van der Waals surface area contributed by atoms with Crippen molar-refractivity contribution in [3.8, 4) is 11.1 Å². The largest absolute Gasteiger partial charge is 0.389 e. The van der Waals surface area contributed by atoms with Crippen molar-refractivity contribution < 1.29 is 33.1 Å². The molecule has 1 aliphatic heterocycles. The number of piperazine rings is 1. The summed E-state index contributed by atoms with van der Waals surface area (Å²) in [6.07, 6.45) is 2.01. The molecule has 5 aromatic rings. The first kappa shape index (κ1) is 51.9. The second-order valence-electron chi connectivity index (χ2n) is 17.0. The van der Waals surface area contributed by atoms with Crippen LogP contribution in [0.4, 0.5) is 22.7 Å². The molecule has 0 radical (unpaired) electrons. The normalized spacial score (nSPS) is 14.1. The van der Waals surface area contributed by atoms with Crippen molar-refractivity contribution in [1.82, 2.24) is 14.5 Å². The molecule has 1 unspecified atom stereocenters. The fraction of sp³-hybridized carbons (Fsp3) is 0.360. The molecule has 1 aliphatic rings. The van der Waals surface area contributed by atoms with Crippen molar-refractivity contribution >= 4 is 67.8 Å². The van der Waals surface area contributed by atoms with Crippen LogP contribution >= 0.6 is 23.4 Å². The van der Waals surface area contributed by atoms with E-state index in [-0.39, 0.29) is 29.5 Å². The zero-order valence-electron chi connectivity index (χ0n) is 38.4. The highest BCUT2D eigenvalue weighted by Crippen LogP contribution is 2.33. The molecule has 1 heterocycles. The lowest BCUT2D eigenvalue weighted by atomic mass is 9.99. The molecule has 5 N–H and O–H groups in total. The lowest BCUT2D eigenvalue weighted by molar-refractivity contribution is -0.384. The van der Waals surface area contributed by atoms with Crippen LogP contribution in [-0.4, -0.2) is 116 Å². The third-order valence-corrected chi connectivity index (χ3v) is 14.4. The van der Waals surface area contributed by atoms with Gasteiger partial charge in [-0.15, -0.1) is 11.8 Å². The molecule has 18 heteroatoms. The van der Waals surface area contributed by atoms with Crippen LogP contribution in [0, 0.1) is 10.1 Å². The molecule has 2 atom stereocenters. The number of carbonyl (C=O) groups is 2. The van der Waals surface area contributed by atoms with Gasteiger partial charge in [0.15, 0.2) is 5.78 Å². The molecule has 1 amide bonds. The summed E-state index contributed by atoms with van der Waals surface area (Å²) in [6.45, 7) is 3.62. The van der Waals surface area contributed by atoms with Gasteiger partial charge >= 0.3 is 0 Å². The van der Waals surface area contributed by atoms with Crippen molar-refractivity contribution in [2.24, 2.45) is 0 Å². The molecule has 15 nitrogen and oxygen atoms in total. The first-order valence-corrected chi connectivity index (χ1v) is 25.5. The molecule has 0 saturated carbocycles. The van der Waals surface area contributed by atoms with Gasteiger partial charge < -0.3 is 30.6 Å². The molecular weight excluding hydrogens is 926 g/mol. The molecule has 0 aromatic heterocycles. The van der Waals surface area contributed by atoms with Crippen LogP contribution in [0.5, 0.6) is 0 Å². The zero-order valence-corrected chi connectivity index (χ0v) is 40.7. The number of rotatable bonds is 25. The van der Waals surface area contributed by atoms with Crippen LogP contribution in [0.25, 0.3) is 11.1 Å². The summed E-state index contributed by atoms with van der Waals surface area (Å²) in [6, 6.07) is 33.9. The average molecular weight is 987 g/mol. The molecule has 68 heavy (non-hydrogen) atoms. The minimum Gasteiger partial charge on any atom is -0.389 e. The van der Waals surface area contributed by atoms with Crippen LogP contribution < -0.4 is 20.3 Å². The molecule has 362 valence electrons. The van der Waals surface area contributed by atoms with Gasteiger partial charge in [0.25, 0.3) is 21.6 Å². The minimum absolute atomic E-state index is 0.0144. The number of benzene rings is 5. The van der Waals surface area contributed by atoms with Gasteiger partial charge in [-0.1, -0.05) is 72.6 Å². The van der Waals surface area contributed by atoms with Crippen molar-refractivity contribution in [3.05, 3.63) is 142 Å². The second-order valence-corrected chi connectivity index (χ2v) is 20.3. The summed E-state index contributed by atoms with van der Waals surface area (Å²) < 4.78 is 29.6. The molecule has 0 spiro atoms. The number of carbonyl (C=O) groups excluding carboxylic acids is 2. The average Bonchev–Trinajstić information content (AvgIpc) is 3.33. The van der Waals surface area contributed by atoms with E-state index in [2.05, 4.69) is 37.3 Å². The van der Waals surface area contributed by atoms with E-state index in [1.165, 1.54) is 29.8 Å². The maximum absolute atomic E-state index is 13.8. The predicted molar refractivity (Wildman–Crippen MR) is 271 cm³/mol. The van der Waals surface area contributed by atoms with Gasteiger partial charge in [0.1, 0.15) is 18.5 Å². The van der Waals surface area contributed by atoms with Gasteiger partial charge in [0.05, 0.1) is 21.2 Å². The number of thioether (sulfide) groups is 1. The number of hydrogen-bond donors (Lipinski definition) is 5. The summed E-state index contributed by atoms with van der Waals surface area (Å²) in [5.41, 5.74) is 4.21. The van der Waals surface area contributed by atoms with Crippen LogP contribution in [0.1, 0.15) is 54.4 Å². The van der Waals surface area contributed by atoms with Crippen LogP contribution in [0.2, 0.25) is 5.02 Å². The Hall–Kier alpha value is -5.53. The molecule has 0 bridgehead atoms. The van der Waals surface area contributed by atoms with E-state index in [0.29, 0.717) is 87.0 Å². The van der Waals surface area contributed by atoms with Crippen molar-refractivity contribution in [2.75, 3.05) is 74.7 Å². The highest BCUT2D eigenvalue weighted by atomic mass is 35.5. The number of ketones is 1. The van der Waals surface area contributed by atoms with Crippen molar-refractivity contribution in [1.29, 1.82) is 0 Å². The molecule has 1 saturated heterocycles. The number of nitrogens with one attached hydrogen (secondary N) is 3. The van der Waals surface area contributed by atoms with E-state index in [1.54, 1.807) is 17.8 Å². The Morgan fingerprint density at radius 1 is 0.853 bits per heavy atom. The number of aliphatic hydroxyl groups is 2. The predicted octanol–water partition coefficient (Wildman–Crippen LogP) is 8.12. The fourth-order valence-electron chi connectivity index (χ4n) is 7.93. The quantitative estimate of drug-likeness (QED) is 0.0124. The lowest BCUT2D eigenvalue weighted by Crippen LogP contribution is -2.46. The Morgan fingerprint density at radius 2 is 1.57 bits per heavy atom. The van der Waals surface area contributed by atoms with Gasteiger partial charge in [-0.2, -0.15) is 0 Å². The number of nitrogens with zero attached hydrogens (tertiary/aromatic N) is 4. The molecule has 1 fully saturated rings. The summed E-state index contributed by atoms with van der Waals surface area (Å²) >= 11 is 7.77. The summed E-state index contributed by atoms with van der Waals surface area (Å²) in [4.78, 5) is 44.2. The van der Waals surface area contributed by atoms with Crippen LogP contribution in [0.15, 0.2) is 125 Å². The Kier molecular flexibility index (Phi) is 19.2. The maximum atomic E-state index is 13.8. The third-order valence-electron chi connectivity index (χ3n) is 11.7. The third kappa shape index (κ3) is 15.2. The van der Waals surface area contributed by atoms with Gasteiger partial charge in [0, 0.05) is 72.5 Å². The monoisotopic (exact) mass is 985 g/mol. The van der Waals surface area contributed by atoms with Gasteiger partial charge in [-0.25, -0.2) is 13.1 Å². The van der Waals surface area contributed by atoms with Gasteiger partial charge in [-0.3, -0.25) is 24.6 Å². The summed E-state index contributed by atoms with van der Waals surface area (Å²) in [7, 11) is -0.712. The summed E-state index contributed by atoms with van der Waals surface area (Å²) in [5.74, 6) is -0.599. The maximum Gasteiger partial charge on any atom is 0.293 e. The van der Waals surface area contributed by atoms with E-state index in [9.17, 15) is 33.2 Å². The molecule has 6 rings (SSSR count). The number of Topliss-reactive ketones (excluding diaryl/α,β-unsaturated/α-hetero) is 1. The fourth-order valence-corrected chi connectivity index (χ4v) is 10.0. The zero-order chi connectivity index (χ0) is 48.6. The highest BCUT2D eigenvalue weighted by Gasteiger charge is 2.27. The van der Waals surface area contributed by atoms with E-state index in [0.717, 1.165) is 28.6 Å². The van der Waals surface area contributed by atoms with E-state index in [4.69, 9.17) is 16.7 Å². The second kappa shape index (κ2) is 25.2. The topological polar surface area (TPSA) is 198 Å². The number of amides is 1. The smallest absolute Gasteiger partial charge is 0.293 e. The van der Waals surface area contributed by atoms with Crippen LogP contribution in [-0.2, 0) is 21.4 Å². The number of sulfonamides is 1. The molecular formula is C50H60ClN7O8S2. The van der Waals surface area contributed by atoms with Crippen molar-refractivity contribution in [2.45, 2.75) is 67.1 Å². The van der Waals surface area contributed by atoms with E-state index >= 15 is 0 Å². The lowest BCUT2D eigenvalue weighted by Gasteiger charge is -2.37. The number of nitro benzene ring substituents is 1. The summed E-state index contributed by atoms with van der Waals surface area (Å²) in [5, 5.41) is 39.7. The molecule has 5 aromatic carbocycles. The number of halogens is 1. The first-order chi connectivity index (χ1) is 32.7. The standard InChI is InChI=1S/C50H60ClN7O8S2/c1-55(2)26-25-40(35-67-42-13-6-4-7-14-42)52-45-23-22-43(32-48(45)58(63)64)68(65,66)54-50(62)37-19-24-47(46(31-37)53-49(61)16-8-3-5-12-41(60)34-59)57-29-27-56(28-30-57)33-38-11-9-10-15-44(38)36-17-20-39(51)21-18-36/h4,6-7,9-11,13-15,17-24,31-32,40,49,52-53,59,61H,3,5,8,12,16,25-30,33-35H2,1-2H3,(H,54,62)/t40-,49?/m1/s1.